The summed E-state index contributed by atoms with van der Waals surface area (Å²) < 4.78 is 4.73. The highest BCUT2D eigenvalue weighted by atomic mass is 35.5. The fourth-order valence-corrected chi connectivity index (χ4v) is 1.15. The molecule has 0 aliphatic carbocycles. The number of hydrogen-bond acceptors (Lipinski definition) is 3. The highest BCUT2D eigenvalue weighted by Crippen LogP contribution is 2.18. The Balaban J connectivity index is 2.52. The van der Waals surface area contributed by atoms with Crippen molar-refractivity contribution in [3.05, 3.63) is 24.3 Å². The van der Waals surface area contributed by atoms with E-state index in [0.29, 0.717) is 10.6 Å². The van der Waals surface area contributed by atoms with Crippen LogP contribution in [0.1, 0.15) is 0 Å². The summed E-state index contributed by atoms with van der Waals surface area (Å²) in [4.78, 5) is 11.8. The topological polar surface area (TPSA) is 38.3 Å². The van der Waals surface area contributed by atoms with E-state index in [1.807, 2.05) is 6.07 Å². The fraction of sp³-hybridized carbons (Fsp3) is 0.222. The maximum atomic E-state index is 11.1. The molecule has 14 heavy (non-hydrogen) atoms. The normalized spacial score (nSPS) is 9.57. The minimum absolute atomic E-state index is 0.197. The average Bonchev–Trinajstić information content (AvgIpc) is 2.18. The predicted molar refractivity (Wildman–Crippen MR) is 59.4 cm³/mol. The number of anilines is 1. The maximum absolute atomic E-state index is 11.1. The van der Waals surface area contributed by atoms with Crippen LogP contribution in [0.3, 0.4) is 0 Å². The van der Waals surface area contributed by atoms with Crippen molar-refractivity contribution < 1.29 is 9.53 Å². The summed E-state index contributed by atoms with van der Waals surface area (Å²) in [6, 6.07) is 7.15. The van der Waals surface area contributed by atoms with Crippen LogP contribution < -0.4 is 5.32 Å². The van der Waals surface area contributed by atoms with Gasteiger partial charge in [0.05, 0.1) is 11.6 Å². The lowest BCUT2D eigenvalue weighted by Crippen LogP contribution is -2.15. The van der Waals surface area contributed by atoms with E-state index < -0.39 is 6.09 Å². The molecule has 1 N–H and O–H groups in total. The smallest absolute Gasteiger partial charge is 0.411 e. The summed E-state index contributed by atoms with van der Waals surface area (Å²) in [7, 11) is 0. The highest BCUT2D eigenvalue weighted by Gasteiger charge is 2.04. The number of hydrogen-bond donors (Lipinski definition) is 2. The summed E-state index contributed by atoms with van der Waals surface area (Å²) in [6.45, 7) is 0.197. The van der Waals surface area contributed by atoms with Crippen molar-refractivity contribution in [3.8, 4) is 0 Å². The van der Waals surface area contributed by atoms with E-state index in [9.17, 15) is 4.79 Å². The van der Waals surface area contributed by atoms with Gasteiger partial charge in [0, 0.05) is 4.90 Å². The number of para-hydroxylation sites is 1. The van der Waals surface area contributed by atoms with Crippen LogP contribution in [0.25, 0.3) is 0 Å². The van der Waals surface area contributed by atoms with Crippen LogP contribution in [0.15, 0.2) is 29.2 Å². The van der Waals surface area contributed by atoms with E-state index in [1.54, 1.807) is 18.2 Å². The lowest BCUT2D eigenvalue weighted by Gasteiger charge is -2.07. The fourth-order valence-electron chi connectivity index (χ4n) is 0.857. The zero-order valence-corrected chi connectivity index (χ0v) is 9.02. The van der Waals surface area contributed by atoms with Crippen LogP contribution in [0.4, 0.5) is 10.5 Å². The van der Waals surface area contributed by atoms with E-state index in [1.165, 1.54) is 0 Å². The molecule has 0 saturated carbocycles. The van der Waals surface area contributed by atoms with Gasteiger partial charge in [0.1, 0.15) is 6.61 Å². The Morgan fingerprint density at radius 2 is 2.21 bits per heavy atom. The number of alkyl halides is 1. The number of ether oxygens (including phenoxy) is 1. The Kier molecular flexibility index (Phi) is 4.62. The van der Waals surface area contributed by atoms with Gasteiger partial charge in [0.2, 0.25) is 0 Å². The molecule has 5 heteroatoms. The van der Waals surface area contributed by atoms with Gasteiger partial charge in [-0.25, -0.2) is 4.79 Å². The first-order valence-electron chi connectivity index (χ1n) is 4.02. The molecule has 0 aromatic heterocycles. The van der Waals surface area contributed by atoms with Crippen molar-refractivity contribution in [2.45, 2.75) is 4.90 Å². The Hall–Kier alpha value is -0.870. The van der Waals surface area contributed by atoms with Crippen molar-refractivity contribution >= 4 is 36.0 Å². The molecular formula is C9H10ClNO2S. The molecule has 0 heterocycles. The highest BCUT2D eigenvalue weighted by molar-refractivity contribution is 7.80. The van der Waals surface area contributed by atoms with E-state index >= 15 is 0 Å². The molecule has 0 spiro atoms. The SMILES string of the molecule is O=C(Nc1ccccc1S)OCCCl. The Labute approximate surface area is 92.8 Å². The first-order valence-corrected chi connectivity index (χ1v) is 5.00. The Morgan fingerprint density at radius 1 is 1.50 bits per heavy atom. The number of nitrogens with one attached hydrogen (secondary N) is 1. The van der Waals surface area contributed by atoms with Gasteiger partial charge in [-0.1, -0.05) is 12.1 Å². The van der Waals surface area contributed by atoms with Gasteiger partial charge in [-0.2, -0.15) is 0 Å². The number of carbonyl (C=O) groups is 1. The third kappa shape index (κ3) is 3.47. The summed E-state index contributed by atoms with van der Waals surface area (Å²) >= 11 is 9.53. The number of halogens is 1. The van der Waals surface area contributed by atoms with Crippen LogP contribution in [-0.4, -0.2) is 18.6 Å². The molecule has 0 unspecified atom stereocenters. The summed E-state index contributed by atoms with van der Waals surface area (Å²) in [5, 5.41) is 2.55. The molecule has 0 fully saturated rings. The van der Waals surface area contributed by atoms with Crippen LogP contribution in [0.2, 0.25) is 0 Å². The van der Waals surface area contributed by atoms with E-state index in [0.717, 1.165) is 0 Å². The van der Waals surface area contributed by atoms with E-state index in [-0.39, 0.29) is 12.5 Å². The zero-order valence-electron chi connectivity index (χ0n) is 7.37. The van der Waals surface area contributed by atoms with Gasteiger partial charge in [-0.05, 0) is 12.1 Å². The molecular weight excluding hydrogens is 222 g/mol. The monoisotopic (exact) mass is 231 g/mol. The van der Waals surface area contributed by atoms with Gasteiger partial charge < -0.3 is 4.74 Å². The molecule has 1 rings (SSSR count). The molecule has 0 radical (unpaired) electrons. The van der Waals surface area contributed by atoms with Crippen molar-refractivity contribution in [2.75, 3.05) is 17.8 Å². The molecule has 0 bridgehead atoms. The standard InChI is InChI=1S/C9H10ClNO2S/c10-5-6-13-9(12)11-7-3-1-2-4-8(7)14/h1-4,14H,5-6H2,(H,11,12). The van der Waals surface area contributed by atoms with Crippen molar-refractivity contribution in [2.24, 2.45) is 0 Å². The zero-order chi connectivity index (χ0) is 10.4. The van der Waals surface area contributed by atoms with Crippen molar-refractivity contribution in [1.82, 2.24) is 0 Å². The second-order valence-corrected chi connectivity index (χ2v) is 3.33. The predicted octanol–water partition coefficient (Wildman–Crippen LogP) is 2.76. The van der Waals surface area contributed by atoms with Crippen molar-refractivity contribution in [1.29, 1.82) is 0 Å². The summed E-state index contributed by atoms with van der Waals surface area (Å²) in [6.07, 6.45) is -0.521. The minimum atomic E-state index is -0.521. The van der Waals surface area contributed by atoms with Gasteiger partial charge >= 0.3 is 6.09 Å². The van der Waals surface area contributed by atoms with Crippen LogP contribution in [0.5, 0.6) is 0 Å². The van der Waals surface area contributed by atoms with Gasteiger partial charge in [0.15, 0.2) is 0 Å². The molecule has 0 aliphatic rings. The van der Waals surface area contributed by atoms with Crippen molar-refractivity contribution in [3.63, 3.8) is 0 Å². The third-order valence-corrected chi connectivity index (χ3v) is 2.00. The summed E-state index contributed by atoms with van der Waals surface area (Å²) in [5.41, 5.74) is 0.621. The number of thiol groups is 1. The molecule has 76 valence electrons. The molecule has 3 nitrogen and oxygen atoms in total. The minimum Gasteiger partial charge on any atom is -0.448 e. The van der Waals surface area contributed by atoms with Gasteiger partial charge in [-0.3, -0.25) is 5.32 Å². The van der Waals surface area contributed by atoms with E-state index in [2.05, 4.69) is 17.9 Å². The molecule has 1 amide bonds. The lowest BCUT2D eigenvalue weighted by atomic mass is 10.3. The van der Waals surface area contributed by atoms with Gasteiger partial charge in [0.25, 0.3) is 0 Å². The summed E-state index contributed by atoms with van der Waals surface area (Å²) in [5.74, 6) is 0.288. The second-order valence-electron chi connectivity index (χ2n) is 2.47. The first-order chi connectivity index (χ1) is 6.74. The van der Waals surface area contributed by atoms with Crippen LogP contribution >= 0.6 is 24.2 Å². The quantitative estimate of drug-likeness (QED) is 0.620. The second kappa shape index (κ2) is 5.78. The molecule has 0 aliphatic heterocycles. The number of carbonyl (C=O) groups excluding carboxylic acids is 1. The maximum Gasteiger partial charge on any atom is 0.411 e. The average molecular weight is 232 g/mol. The van der Waals surface area contributed by atoms with E-state index in [4.69, 9.17) is 16.3 Å². The molecule has 1 aromatic carbocycles. The van der Waals surface area contributed by atoms with Crippen LogP contribution in [-0.2, 0) is 4.74 Å². The Bertz CT molecular complexity index is 319. The van der Waals surface area contributed by atoms with Gasteiger partial charge in [-0.15, -0.1) is 24.2 Å². The molecule has 1 aromatic rings. The first kappa shape index (κ1) is 11.2. The molecule has 0 atom stereocenters. The lowest BCUT2D eigenvalue weighted by molar-refractivity contribution is 0.168. The molecule has 0 saturated heterocycles. The largest absolute Gasteiger partial charge is 0.448 e. The van der Waals surface area contributed by atoms with Crippen LogP contribution in [0, 0.1) is 0 Å². The Morgan fingerprint density at radius 3 is 2.86 bits per heavy atom. The third-order valence-electron chi connectivity index (χ3n) is 1.45. The number of amides is 1. The number of benzene rings is 1. The number of rotatable bonds is 3.